The summed E-state index contributed by atoms with van der Waals surface area (Å²) >= 11 is 1.54. The Bertz CT molecular complexity index is 745. The molecular weight excluding hydrogens is 374 g/mol. The number of nitrogens with one attached hydrogen (secondary N) is 2. The monoisotopic (exact) mass is 401 g/mol. The standard InChI is InChI=1S/C20H27N5O2S/c1-2-21-17(26)14-24-9-11-25(12-10-24)15-18(27)23-19(20-22-8-13-28-20)16-6-4-3-5-7-16/h3-8,13,19H,2,9-12,14-15H2,1H3,(H,21,26)(H,23,27). The van der Waals surface area contributed by atoms with E-state index in [1.165, 1.54) is 11.3 Å². The molecule has 1 aliphatic rings. The van der Waals surface area contributed by atoms with E-state index in [1.807, 2.05) is 42.6 Å². The molecule has 0 radical (unpaired) electrons. The lowest BCUT2D eigenvalue weighted by Gasteiger charge is -2.34. The van der Waals surface area contributed by atoms with E-state index in [1.54, 1.807) is 6.20 Å². The van der Waals surface area contributed by atoms with Crippen LogP contribution in [0.2, 0.25) is 0 Å². The normalized spacial score (nSPS) is 16.5. The quantitative estimate of drug-likeness (QED) is 0.693. The SMILES string of the molecule is CCNC(=O)CN1CCN(CC(=O)NC(c2ccccc2)c2nccs2)CC1. The van der Waals surface area contributed by atoms with E-state index in [9.17, 15) is 9.59 Å². The Morgan fingerprint density at radius 2 is 1.71 bits per heavy atom. The van der Waals surface area contributed by atoms with E-state index >= 15 is 0 Å². The van der Waals surface area contributed by atoms with E-state index in [2.05, 4.69) is 25.4 Å². The lowest BCUT2D eigenvalue weighted by atomic mass is 10.1. The largest absolute Gasteiger partial charge is 0.355 e. The minimum absolute atomic E-state index is 0.0128. The number of carbonyl (C=O) groups excluding carboxylic acids is 2. The molecule has 1 atom stereocenters. The summed E-state index contributed by atoms with van der Waals surface area (Å²) in [5, 5.41) is 8.76. The van der Waals surface area contributed by atoms with Gasteiger partial charge in [0, 0.05) is 44.3 Å². The first-order valence-electron chi connectivity index (χ1n) is 9.61. The number of piperazine rings is 1. The second-order valence-electron chi connectivity index (χ2n) is 6.79. The summed E-state index contributed by atoms with van der Waals surface area (Å²) in [6.07, 6.45) is 1.76. The number of aromatic nitrogens is 1. The van der Waals surface area contributed by atoms with Gasteiger partial charge in [-0.3, -0.25) is 19.4 Å². The first-order chi connectivity index (χ1) is 13.7. The molecule has 0 saturated carbocycles. The van der Waals surface area contributed by atoms with Gasteiger partial charge in [-0.1, -0.05) is 30.3 Å². The van der Waals surface area contributed by atoms with E-state index in [0.29, 0.717) is 19.6 Å². The fourth-order valence-electron chi connectivity index (χ4n) is 3.28. The molecule has 8 heteroatoms. The highest BCUT2D eigenvalue weighted by atomic mass is 32.1. The van der Waals surface area contributed by atoms with Gasteiger partial charge in [-0.05, 0) is 12.5 Å². The van der Waals surface area contributed by atoms with Crippen molar-refractivity contribution in [2.45, 2.75) is 13.0 Å². The number of hydrogen-bond acceptors (Lipinski definition) is 6. The van der Waals surface area contributed by atoms with Crippen LogP contribution in [0.1, 0.15) is 23.5 Å². The highest BCUT2D eigenvalue weighted by Crippen LogP contribution is 2.23. The van der Waals surface area contributed by atoms with Crippen molar-refractivity contribution in [1.29, 1.82) is 0 Å². The molecule has 1 aromatic heterocycles. The number of amides is 2. The maximum Gasteiger partial charge on any atom is 0.235 e. The van der Waals surface area contributed by atoms with Gasteiger partial charge in [0.1, 0.15) is 11.0 Å². The van der Waals surface area contributed by atoms with Gasteiger partial charge in [-0.15, -0.1) is 11.3 Å². The number of nitrogens with zero attached hydrogens (tertiary/aromatic N) is 3. The number of likely N-dealkylation sites (N-methyl/N-ethyl adjacent to an activating group) is 1. The number of benzene rings is 1. The molecule has 2 aromatic rings. The van der Waals surface area contributed by atoms with Crippen molar-refractivity contribution in [3.05, 3.63) is 52.5 Å². The van der Waals surface area contributed by atoms with Crippen molar-refractivity contribution in [3.63, 3.8) is 0 Å². The molecule has 1 unspecified atom stereocenters. The third-order valence-electron chi connectivity index (χ3n) is 4.71. The molecule has 3 rings (SSSR count). The maximum absolute atomic E-state index is 12.7. The van der Waals surface area contributed by atoms with Gasteiger partial charge >= 0.3 is 0 Å². The molecule has 28 heavy (non-hydrogen) atoms. The lowest BCUT2D eigenvalue weighted by Crippen LogP contribution is -2.51. The van der Waals surface area contributed by atoms with E-state index in [-0.39, 0.29) is 17.9 Å². The molecule has 1 aliphatic heterocycles. The summed E-state index contributed by atoms with van der Waals surface area (Å²) in [4.78, 5) is 33.0. The van der Waals surface area contributed by atoms with E-state index < -0.39 is 0 Å². The number of thiazole rings is 1. The minimum Gasteiger partial charge on any atom is -0.355 e. The summed E-state index contributed by atoms with van der Waals surface area (Å²) in [6.45, 7) is 6.49. The van der Waals surface area contributed by atoms with Crippen molar-refractivity contribution in [2.24, 2.45) is 0 Å². The third-order valence-corrected chi connectivity index (χ3v) is 5.55. The van der Waals surface area contributed by atoms with Gasteiger partial charge in [-0.25, -0.2) is 4.98 Å². The van der Waals surface area contributed by atoms with Gasteiger partial charge in [0.2, 0.25) is 11.8 Å². The fraction of sp³-hybridized carbons (Fsp3) is 0.450. The Morgan fingerprint density at radius 1 is 1.07 bits per heavy atom. The van der Waals surface area contributed by atoms with Crippen molar-refractivity contribution < 1.29 is 9.59 Å². The molecule has 0 bridgehead atoms. The maximum atomic E-state index is 12.7. The molecule has 2 heterocycles. The topological polar surface area (TPSA) is 77.6 Å². The minimum atomic E-state index is -0.229. The second kappa shape index (κ2) is 10.3. The predicted molar refractivity (Wildman–Crippen MR) is 110 cm³/mol. The van der Waals surface area contributed by atoms with Crippen molar-refractivity contribution in [2.75, 3.05) is 45.8 Å². The molecule has 0 spiro atoms. The van der Waals surface area contributed by atoms with Crippen LogP contribution >= 0.6 is 11.3 Å². The zero-order valence-electron chi connectivity index (χ0n) is 16.1. The van der Waals surface area contributed by atoms with Gasteiger partial charge in [0.15, 0.2) is 0 Å². The van der Waals surface area contributed by atoms with E-state index in [4.69, 9.17) is 0 Å². The van der Waals surface area contributed by atoms with Gasteiger partial charge in [0.25, 0.3) is 0 Å². The Hall–Kier alpha value is -2.29. The van der Waals surface area contributed by atoms with Crippen molar-refractivity contribution in [3.8, 4) is 0 Å². The lowest BCUT2D eigenvalue weighted by molar-refractivity contribution is -0.125. The first-order valence-corrected chi connectivity index (χ1v) is 10.5. The van der Waals surface area contributed by atoms with Crippen LogP contribution in [0.5, 0.6) is 0 Å². The molecule has 0 aliphatic carbocycles. The molecule has 1 fully saturated rings. The number of carbonyl (C=O) groups is 2. The third kappa shape index (κ3) is 5.85. The van der Waals surface area contributed by atoms with Crippen LogP contribution in [-0.4, -0.2) is 72.4 Å². The molecule has 1 aromatic carbocycles. The molecular formula is C20H27N5O2S. The van der Waals surface area contributed by atoms with Crippen molar-refractivity contribution >= 4 is 23.2 Å². The molecule has 2 amide bonds. The summed E-state index contributed by atoms with van der Waals surface area (Å²) in [7, 11) is 0. The van der Waals surface area contributed by atoms with Crippen LogP contribution in [0.4, 0.5) is 0 Å². The molecule has 150 valence electrons. The second-order valence-corrected chi connectivity index (χ2v) is 7.71. The average Bonchev–Trinajstić information content (AvgIpc) is 3.23. The fourth-order valence-corrected chi connectivity index (χ4v) is 4.00. The smallest absolute Gasteiger partial charge is 0.235 e. The van der Waals surface area contributed by atoms with Crippen molar-refractivity contribution in [1.82, 2.24) is 25.4 Å². The van der Waals surface area contributed by atoms with E-state index in [0.717, 1.165) is 36.8 Å². The molecule has 2 N–H and O–H groups in total. The summed E-state index contributed by atoms with van der Waals surface area (Å²) in [5.74, 6) is 0.0454. The van der Waals surface area contributed by atoms with Crippen LogP contribution in [0.3, 0.4) is 0 Å². The summed E-state index contributed by atoms with van der Waals surface area (Å²) in [5.41, 5.74) is 1.03. The Labute approximate surface area is 169 Å². The van der Waals surface area contributed by atoms with Gasteiger partial charge in [0.05, 0.1) is 13.1 Å². The summed E-state index contributed by atoms with van der Waals surface area (Å²) < 4.78 is 0. The first kappa shape index (κ1) is 20.4. The average molecular weight is 402 g/mol. The zero-order chi connectivity index (χ0) is 19.8. The molecule has 1 saturated heterocycles. The Morgan fingerprint density at radius 3 is 2.29 bits per heavy atom. The number of rotatable bonds is 8. The molecule has 7 nitrogen and oxygen atoms in total. The Kier molecular flexibility index (Phi) is 7.53. The highest BCUT2D eigenvalue weighted by molar-refractivity contribution is 7.09. The van der Waals surface area contributed by atoms with Crippen LogP contribution in [0.25, 0.3) is 0 Å². The summed E-state index contributed by atoms with van der Waals surface area (Å²) in [6, 6.07) is 9.68. The van der Waals surface area contributed by atoms with Crippen LogP contribution in [0, 0.1) is 0 Å². The highest BCUT2D eigenvalue weighted by Gasteiger charge is 2.23. The Balaban J connectivity index is 1.51. The van der Waals surface area contributed by atoms with Gasteiger partial charge < -0.3 is 10.6 Å². The number of hydrogen-bond donors (Lipinski definition) is 2. The van der Waals surface area contributed by atoms with Crippen LogP contribution in [0.15, 0.2) is 41.9 Å². The van der Waals surface area contributed by atoms with Crippen LogP contribution in [-0.2, 0) is 9.59 Å². The predicted octanol–water partition coefficient (Wildman–Crippen LogP) is 1.10. The van der Waals surface area contributed by atoms with Gasteiger partial charge in [-0.2, -0.15) is 0 Å². The zero-order valence-corrected chi connectivity index (χ0v) is 17.0. The van der Waals surface area contributed by atoms with Crippen LogP contribution < -0.4 is 10.6 Å².